The van der Waals surface area contributed by atoms with Gasteiger partial charge < -0.3 is 15.6 Å². The van der Waals surface area contributed by atoms with Gasteiger partial charge in [-0.2, -0.15) is 0 Å². The van der Waals surface area contributed by atoms with Gasteiger partial charge in [-0.25, -0.2) is 0 Å². The van der Waals surface area contributed by atoms with Crippen LogP contribution in [0.2, 0.25) is 0 Å². The number of carbonyl (C=O) groups excluding carboxylic acids is 2. The maximum absolute atomic E-state index is 12.7. The lowest BCUT2D eigenvalue weighted by molar-refractivity contribution is -0.115. The van der Waals surface area contributed by atoms with Crippen LogP contribution in [0.5, 0.6) is 0 Å². The fourth-order valence-corrected chi connectivity index (χ4v) is 5.62. The molecule has 0 aromatic carbocycles. The zero-order chi connectivity index (χ0) is 18.4. The Morgan fingerprint density at radius 3 is 2.81 bits per heavy atom. The summed E-state index contributed by atoms with van der Waals surface area (Å²) in [6.45, 7) is 3.78. The van der Waals surface area contributed by atoms with E-state index in [1.807, 2.05) is 13.8 Å². The van der Waals surface area contributed by atoms with Crippen molar-refractivity contribution >= 4 is 39.9 Å². The van der Waals surface area contributed by atoms with E-state index in [1.54, 1.807) is 0 Å². The van der Waals surface area contributed by atoms with Crippen LogP contribution >= 0.6 is 23.1 Å². The van der Waals surface area contributed by atoms with Gasteiger partial charge in [0.2, 0.25) is 5.91 Å². The highest BCUT2D eigenvalue weighted by Gasteiger charge is 2.31. The van der Waals surface area contributed by atoms with Gasteiger partial charge in [-0.05, 0) is 51.5 Å². The number of thioether (sulfide) groups is 1. The quantitative estimate of drug-likeness (QED) is 0.737. The van der Waals surface area contributed by atoms with Crippen molar-refractivity contribution in [1.29, 1.82) is 0 Å². The molecule has 138 valence electrons. The first-order valence-corrected chi connectivity index (χ1v) is 10.5. The first kappa shape index (κ1) is 17.5. The zero-order valence-electron chi connectivity index (χ0n) is 14.7. The number of nitrogens with zero attached hydrogens (tertiary/aromatic N) is 3. The lowest BCUT2D eigenvalue weighted by Crippen LogP contribution is -2.24. The molecule has 2 aliphatic rings. The molecule has 2 aliphatic carbocycles. The molecule has 4 rings (SSSR count). The number of rotatable bonds is 6. The standard InChI is InChI=1S/C17H21N5O2S2/c1-8(25-17-21-20-9(2)22(17)10-6-7-10)15(24)19-16-13(14(18)23)11-4-3-5-12(11)26-16/h8,10H,3-7H2,1-2H3,(H2,18,23)(H,19,24)/t8-/m1/s1. The number of amides is 2. The number of nitrogens with two attached hydrogens (primary N) is 1. The van der Waals surface area contributed by atoms with Crippen LogP contribution in [-0.4, -0.2) is 31.8 Å². The Labute approximate surface area is 159 Å². The Morgan fingerprint density at radius 2 is 2.12 bits per heavy atom. The molecule has 2 aromatic rings. The lowest BCUT2D eigenvalue weighted by atomic mass is 10.1. The summed E-state index contributed by atoms with van der Waals surface area (Å²) in [5.74, 6) is 0.262. The molecular formula is C17H21N5O2S2. The molecule has 0 saturated heterocycles. The Hall–Kier alpha value is -1.87. The number of fused-ring (bicyclic) bond motifs is 1. The third-order valence-electron chi connectivity index (χ3n) is 4.80. The van der Waals surface area contributed by atoms with Gasteiger partial charge in [0.05, 0.1) is 10.8 Å². The molecule has 2 aromatic heterocycles. The molecule has 2 heterocycles. The first-order valence-electron chi connectivity index (χ1n) is 8.79. The predicted octanol–water partition coefficient (Wildman–Crippen LogP) is 2.69. The van der Waals surface area contributed by atoms with Crippen LogP contribution in [0, 0.1) is 6.92 Å². The van der Waals surface area contributed by atoms with E-state index in [0.29, 0.717) is 16.6 Å². The summed E-state index contributed by atoms with van der Waals surface area (Å²) in [5.41, 5.74) is 7.07. The number of hydrogen-bond acceptors (Lipinski definition) is 6. The molecule has 0 aliphatic heterocycles. The molecular weight excluding hydrogens is 370 g/mol. The zero-order valence-corrected chi connectivity index (χ0v) is 16.4. The maximum Gasteiger partial charge on any atom is 0.251 e. The van der Waals surface area contributed by atoms with Crippen molar-refractivity contribution in [2.75, 3.05) is 5.32 Å². The maximum atomic E-state index is 12.7. The highest BCUT2D eigenvalue weighted by Crippen LogP contribution is 2.41. The normalized spacial score (nSPS) is 17.2. The van der Waals surface area contributed by atoms with E-state index < -0.39 is 5.91 Å². The van der Waals surface area contributed by atoms with Crippen LogP contribution in [0.4, 0.5) is 5.00 Å². The molecule has 1 fully saturated rings. The Bertz CT molecular complexity index is 884. The van der Waals surface area contributed by atoms with Crippen LogP contribution in [0.15, 0.2) is 5.16 Å². The largest absolute Gasteiger partial charge is 0.365 e. The summed E-state index contributed by atoms with van der Waals surface area (Å²) in [6, 6.07) is 0.462. The molecule has 7 nitrogen and oxygen atoms in total. The smallest absolute Gasteiger partial charge is 0.251 e. The number of aryl methyl sites for hydroxylation is 2. The third-order valence-corrected chi connectivity index (χ3v) is 7.07. The van der Waals surface area contributed by atoms with E-state index in [0.717, 1.165) is 48.6 Å². The van der Waals surface area contributed by atoms with Gasteiger partial charge in [-0.3, -0.25) is 9.59 Å². The minimum atomic E-state index is -0.468. The van der Waals surface area contributed by atoms with Crippen molar-refractivity contribution in [3.63, 3.8) is 0 Å². The van der Waals surface area contributed by atoms with Gasteiger partial charge in [0, 0.05) is 10.9 Å². The summed E-state index contributed by atoms with van der Waals surface area (Å²) in [6.07, 6.45) is 5.11. The molecule has 2 amide bonds. The van der Waals surface area contributed by atoms with Crippen molar-refractivity contribution in [1.82, 2.24) is 14.8 Å². The number of aromatic nitrogens is 3. The van der Waals surface area contributed by atoms with Crippen LogP contribution in [0.25, 0.3) is 0 Å². The highest BCUT2D eigenvalue weighted by molar-refractivity contribution is 8.00. The van der Waals surface area contributed by atoms with Crippen LogP contribution in [-0.2, 0) is 17.6 Å². The van der Waals surface area contributed by atoms with E-state index in [2.05, 4.69) is 20.1 Å². The number of nitrogens with one attached hydrogen (secondary N) is 1. The topological polar surface area (TPSA) is 103 Å². The van der Waals surface area contributed by atoms with Gasteiger partial charge in [0.15, 0.2) is 5.16 Å². The molecule has 3 N–H and O–H groups in total. The van der Waals surface area contributed by atoms with Gasteiger partial charge in [-0.1, -0.05) is 11.8 Å². The van der Waals surface area contributed by atoms with Crippen LogP contribution < -0.4 is 11.1 Å². The summed E-state index contributed by atoms with van der Waals surface area (Å²) in [4.78, 5) is 25.7. The first-order chi connectivity index (χ1) is 12.5. The molecule has 0 radical (unpaired) electrons. The average molecular weight is 392 g/mol. The molecule has 1 atom stereocenters. The second kappa shape index (κ2) is 6.70. The van der Waals surface area contributed by atoms with Crippen molar-refractivity contribution in [3.8, 4) is 0 Å². The summed E-state index contributed by atoms with van der Waals surface area (Å²) < 4.78 is 2.11. The van der Waals surface area contributed by atoms with E-state index in [4.69, 9.17) is 5.73 Å². The van der Waals surface area contributed by atoms with Gasteiger partial charge in [0.1, 0.15) is 10.8 Å². The Balaban J connectivity index is 1.50. The summed E-state index contributed by atoms with van der Waals surface area (Å²) in [5, 5.41) is 12.3. The molecule has 0 spiro atoms. The summed E-state index contributed by atoms with van der Waals surface area (Å²) in [7, 11) is 0. The number of anilines is 1. The fourth-order valence-electron chi connectivity index (χ4n) is 3.36. The van der Waals surface area contributed by atoms with E-state index in [9.17, 15) is 9.59 Å². The van der Waals surface area contributed by atoms with Gasteiger partial charge in [-0.15, -0.1) is 21.5 Å². The Morgan fingerprint density at radius 1 is 1.35 bits per heavy atom. The lowest BCUT2D eigenvalue weighted by Gasteiger charge is -2.13. The number of thiophene rings is 1. The third kappa shape index (κ3) is 3.14. The molecule has 0 bridgehead atoms. The van der Waals surface area contributed by atoms with Crippen molar-refractivity contribution in [3.05, 3.63) is 21.8 Å². The SMILES string of the molecule is Cc1nnc(S[C@H](C)C(=O)Nc2sc3c(c2C(N)=O)CCC3)n1C1CC1. The summed E-state index contributed by atoms with van der Waals surface area (Å²) >= 11 is 2.87. The number of hydrogen-bond donors (Lipinski definition) is 2. The molecule has 0 unspecified atom stereocenters. The van der Waals surface area contributed by atoms with Crippen LogP contribution in [0.1, 0.15) is 58.9 Å². The number of carbonyl (C=O) groups is 2. The second-order valence-electron chi connectivity index (χ2n) is 6.81. The van der Waals surface area contributed by atoms with E-state index in [-0.39, 0.29) is 11.2 Å². The predicted molar refractivity (Wildman–Crippen MR) is 102 cm³/mol. The van der Waals surface area contributed by atoms with E-state index in [1.165, 1.54) is 28.0 Å². The van der Waals surface area contributed by atoms with Crippen molar-refractivity contribution in [2.24, 2.45) is 5.73 Å². The highest BCUT2D eigenvalue weighted by atomic mass is 32.2. The van der Waals surface area contributed by atoms with E-state index >= 15 is 0 Å². The molecule has 1 saturated carbocycles. The van der Waals surface area contributed by atoms with Crippen molar-refractivity contribution in [2.45, 2.75) is 62.4 Å². The fraction of sp³-hybridized carbons (Fsp3) is 0.529. The number of primary amides is 1. The Kier molecular flexibility index (Phi) is 4.52. The van der Waals surface area contributed by atoms with Gasteiger partial charge >= 0.3 is 0 Å². The molecule has 9 heteroatoms. The minimum absolute atomic E-state index is 0.152. The average Bonchev–Trinajstić information content (AvgIpc) is 3.04. The van der Waals surface area contributed by atoms with Crippen LogP contribution in [0.3, 0.4) is 0 Å². The van der Waals surface area contributed by atoms with Gasteiger partial charge in [0.25, 0.3) is 5.91 Å². The molecule has 26 heavy (non-hydrogen) atoms. The monoisotopic (exact) mass is 391 g/mol. The minimum Gasteiger partial charge on any atom is -0.365 e. The van der Waals surface area contributed by atoms with Crippen molar-refractivity contribution < 1.29 is 9.59 Å². The second-order valence-corrected chi connectivity index (χ2v) is 9.22.